The lowest BCUT2D eigenvalue weighted by Crippen LogP contribution is -2.52. The number of nitrogens with zero attached hydrogens (tertiary/aromatic N) is 7. The fourth-order valence-electron chi connectivity index (χ4n) is 8.83. The molecule has 382 valence electrons. The van der Waals surface area contributed by atoms with Crippen LogP contribution < -0.4 is 21.2 Å². The second-order valence-electron chi connectivity index (χ2n) is 19.7. The van der Waals surface area contributed by atoms with Crippen molar-refractivity contribution in [1.82, 2.24) is 39.6 Å². The third-order valence-electron chi connectivity index (χ3n) is 13.1. The van der Waals surface area contributed by atoms with E-state index in [1.807, 2.05) is 71.2 Å². The number of imide groups is 1. The van der Waals surface area contributed by atoms with Gasteiger partial charge in [0.05, 0.1) is 27.3 Å². The van der Waals surface area contributed by atoms with Gasteiger partial charge in [-0.1, -0.05) is 89.0 Å². The van der Waals surface area contributed by atoms with Crippen LogP contribution in [-0.4, -0.2) is 77.2 Å². The molecule has 1 fully saturated rings. The first kappa shape index (κ1) is 54.3. The molecule has 2 unspecified atom stereocenters. The predicted octanol–water partition coefficient (Wildman–Crippen LogP) is 8.61. The zero-order valence-corrected chi connectivity index (χ0v) is 44.0. The fraction of sp³-hybridized carbons (Fsp3) is 0.436. The number of oxazole rings is 1. The van der Waals surface area contributed by atoms with Crippen LogP contribution in [0.4, 0.5) is 0 Å². The number of nitrogens with two attached hydrogens (primary N) is 1. The molecule has 0 spiro atoms. The molecule has 3 atom stereocenters. The Balaban J connectivity index is 1.09. The van der Waals surface area contributed by atoms with Gasteiger partial charge in [0, 0.05) is 44.4 Å². The number of carbonyl (C=O) groups excluding carboxylic acids is 5. The van der Waals surface area contributed by atoms with Crippen molar-refractivity contribution < 1.29 is 28.4 Å². The van der Waals surface area contributed by atoms with Crippen molar-refractivity contribution in [2.75, 3.05) is 6.54 Å². The number of fused-ring (bicyclic) bond motifs is 2. The maximum Gasteiger partial charge on any atom is 0.317 e. The standard InChI is InChI=1S/C55H70N10O6S/c1-13-15-23-43(61-46(66)31-65-47(67)29-41(53(65)70)55(10,11)12)51(68)58-35(7)33(5)21-17-16-18-22-38-26-39(34(6)56)27-44-48(38)63(36(8)59-44)24-19-20-25-64-50-45(28-40(30-57-50)32(3)4)72-54(64)62-52(69)49-42(14-2)60-37(9)71-49/h13,19-20,26-28,30,35,41,43H,1,3,5-6,14-18,21-25,29,31,56H2,2,4,7-12H3,(H,58,68)(H,61,66)/b20-19+,62-54-/t35-,41?,43?/m0/s1. The van der Waals surface area contributed by atoms with Gasteiger partial charge in [0.2, 0.25) is 29.4 Å². The smallest absolute Gasteiger partial charge is 0.317 e. The molecule has 5 heterocycles. The number of allylic oxidation sites excluding steroid dienone is 4. The van der Waals surface area contributed by atoms with Crippen LogP contribution in [0.2, 0.25) is 0 Å². The largest absolute Gasteiger partial charge is 0.435 e. The molecule has 1 aliphatic heterocycles. The average molecular weight is 999 g/mol. The summed E-state index contributed by atoms with van der Waals surface area (Å²) in [7, 11) is 0. The Labute approximate surface area is 426 Å². The number of hydrogen-bond acceptors (Lipinski definition) is 11. The second kappa shape index (κ2) is 23.5. The predicted molar refractivity (Wildman–Crippen MR) is 284 cm³/mol. The Bertz CT molecular complexity index is 3050. The van der Waals surface area contributed by atoms with Gasteiger partial charge in [0.1, 0.15) is 18.4 Å². The van der Waals surface area contributed by atoms with Crippen LogP contribution in [0.15, 0.2) is 83.9 Å². The molecule has 5 aromatic rings. The number of benzene rings is 1. The van der Waals surface area contributed by atoms with E-state index in [-0.39, 0.29) is 35.9 Å². The topological polar surface area (TPSA) is 213 Å². The number of carbonyl (C=O) groups is 5. The summed E-state index contributed by atoms with van der Waals surface area (Å²) in [5, 5.41) is 5.75. The lowest BCUT2D eigenvalue weighted by atomic mass is 9.80. The van der Waals surface area contributed by atoms with Crippen molar-refractivity contribution >= 4 is 73.5 Å². The van der Waals surface area contributed by atoms with Gasteiger partial charge in [-0.25, -0.2) is 15.0 Å². The molecule has 4 aromatic heterocycles. The van der Waals surface area contributed by atoms with E-state index < -0.39 is 35.7 Å². The number of aryl methyl sites for hydroxylation is 4. The van der Waals surface area contributed by atoms with E-state index in [0.717, 1.165) is 80.0 Å². The van der Waals surface area contributed by atoms with Crippen LogP contribution in [-0.2, 0) is 45.1 Å². The minimum absolute atomic E-state index is 0.0601. The van der Waals surface area contributed by atoms with Crippen molar-refractivity contribution in [2.45, 2.75) is 138 Å². The second-order valence-corrected chi connectivity index (χ2v) is 20.8. The number of imidazole rings is 1. The number of amides is 5. The number of likely N-dealkylation sites (tertiary alicyclic amines) is 1. The molecule has 0 bridgehead atoms. The van der Waals surface area contributed by atoms with Crippen molar-refractivity contribution in [2.24, 2.45) is 22.1 Å². The number of rotatable bonds is 23. The Morgan fingerprint density at radius 1 is 1.01 bits per heavy atom. The third-order valence-corrected chi connectivity index (χ3v) is 14.1. The highest BCUT2D eigenvalue weighted by atomic mass is 32.1. The summed E-state index contributed by atoms with van der Waals surface area (Å²) in [6.45, 7) is 31.7. The Morgan fingerprint density at radius 3 is 2.39 bits per heavy atom. The summed E-state index contributed by atoms with van der Waals surface area (Å²) >= 11 is 1.38. The van der Waals surface area contributed by atoms with E-state index in [9.17, 15) is 24.0 Å². The fourth-order valence-corrected chi connectivity index (χ4v) is 9.86. The molecular weight excluding hydrogens is 929 g/mol. The summed E-state index contributed by atoms with van der Waals surface area (Å²) in [5.41, 5.74) is 14.0. The zero-order valence-electron chi connectivity index (χ0n) is 43.2. The lowest BCUT2D eigenvalue weighted by molar-refractivity contribution is -0.144. The molecule has 6 rings (SSSR count). The number of unbranched alkanes of at least 4 members (excludes halogenated alkanes) is 2. The first-order valence-corrected chi connectivity index (χ1v) is 25.5. The van der Waals surface area contributed by atoms with Gasteiger partial charge in [0.25, 0.3) is 0 Å². The number of aromatic nitrogens is 5. The minimum Gasteiger partial charge on any atom is -0.435 e. The van der Waals surface area contributed by atoms with Crippen LogP contribution in [0.25, 0.3) is 32.7 Å². The number of thiazole rings is 1. The maximum atomic E-state index is 13.5. The van der Waals surface area contributed by atoms with Gasteiger partial charge in [0.15, 0.2) is 16.3 Å². The quantitative estimate of drug-likeness (QED) is 0.0322. The van der Waals surface area contributed by atoms with Crippen molar-refractivity contribution in [3.8, 4) is 0 Å². The van der Waals surface area contributed by atoms with Crippen LogP contribution in [0, 0.1) is 25.2 Å². The number of nitrogens with one attached hydrogen (secondary N) is 2. The molecular formula is C55H70N10O6S. The van der Waals surface area contributed by atoms with Crippen molar-refractivity contribution in [1.29, 1.82) is 0 Å². The summed E-state index contributed by atoms with van der Waals surface area (Å²) in [5.74, 6) is -1.29. The van der Waals surface area contributed by atoms with Gasteiger partial charge in [-0.3, -0.25) is 33.4 Å². The van der Waals surface area contributed by atoms with Gasteiger partial charge >= 0.3 is 5.91 Å². The normalized spacial score (nSPS) is 15.2. The first-order chi connectivity index (χ1) is 34.1. The highest BCUT2D eigenvalue weighted by Crippen LogP contribution is 2.35. The zero-order chi connectivity index (χ0) is 52.6. The molecule has 17 heteroatoms. The van der Waals surface area contributed by atoms with E-state index >= 15 is 0 Å². The number of hydrogen-bond donors (Lipinski definition) is 3. The summed E-state index contributed by atoms with van der Waals surface area (Å²) < 4.78 is 10.7. The van der Waals surface area contributed by atoms with E-state index in [2.05, 4.69) is 63.6 Å². The SMILES string of the molecule is C=CCCC(NC(=O)CN1C(=O)CC(C(C)(C)C)C1=O)C(=O)N[C@@H](C)C(=C)CCCCCc1cc(C(=C)N)cc2nc(C)n(C/C=C/Cn3/c(=N/C(=O)c4oc(C)nc4CC)sc4cc(C(=C)C)cnc43)c12. The van der Waals surface area contributed by atoms with Crippen LogP contribution in [0.1, 0.15) is 131 Å². The monoisotopic (exact) mass is 999 g/mol. The van der Waals surface area contributed by atoms with E-state index in [4.69, 9.17) is 20.1 Å². The van der Waals surface area contributed by atoms with Gasteiger partial charge in [-0.05, 0) is 112 Å². The Hall–Kier alpha value is -7.01. The Morgan fingerprint density at radius 2 is 1.74 bits per heavy atom. The van der Waals surface area contributed by atoms with Gasteiger partial charge in [-0.15, -0.1) is 6.58 Å². The molecule has 0 aliphatic carbocycles. The number of pyridine rings is 1. The molecule has 1 saturated heterocycles. The molecule has 72 heavy (non-hydrogen) atoms. The van der Waals surface area contributed by atoms with Crippen molar-refractivity contribution in [3.05, 3.63) is 119 Å². The molecule has 16 nitrogen and oxygen atoms in total. The Kier molecular flexibility index (Phi) is 17.7. The molecule has 5 amide bonds. The molecule has 1 aromatic carbocycles. The summed E-state index contributed by atoms with van der Waals surface area (Å²) in [4.78, 5) is 85.9. The van der Waals surface area contributed by atoms with Gasteiger partial charge in [-0.2, -0.15) is 4.99 Å². The van der Waals surface area contributed by atoms with Crippen molar-refractivity contribution in [3.63, 3.8) is 0 Å². The molecule has 0 radical (unpaired) electrons. The first-order valence-electron chi connectivity index (χ1n) is 24.6. The third kappa shape index (κ3) is 12.9. The van der Waals surface area contributed by atoms with Crippen LogP contribution in [0.3, 0.4) is 0 Å². The van der Waals surface area contributed by atoms with Gasteiger partial charge < -0.3 is 25.4 Å². The summed E-state index contributed by atoms with van der Waals surface area (Å²) in [6.07, 6.45) is 13.0. The molecule has 4 N–H and O–H groups in total. The maximum absolute atomic E-state index is 13.5. The van der Waals surface area contributed by atoms with E-state index in [0.29, 0.717) is 66.5 Å². The van der Waals surface area contributed by atoms with Crippen LogP contribution >= 0.6 is 11.3 Å². The average Bonchev–Trinajstić information content (AvgIpc) is 4.06. The lowest BCUT2D eigenvalue weighted by Gasteiger charge is -2.25. The van der Waals surface area contributed by atoms with Crippen LogP contribution in [0.5, 0.6) is 0 Å². The molecule has 1 aliphatic rings. The van der Waals surface area contributed by atoms with E-state index in [1.165, 1.54) is 11.3 Å². The van der Waals surface area contributed by atoms with E-state index in [1.54, 1.807) is 19.2 Å². The summed E-state index contributed by atoms with van der Waals surface area (Å²) in [6, 6.07) is 4.84. The highest BCUT2D eigenvalue weighted by molar-refractivity contribution is 7.16. The highest BCUT2D eigenvalue weighted by Gasteiger charge is 2.45. The molecule has 0 saturated carbocycles. The minimum atomic E-state index is -0.884.